The van der Waals surface area contributed by atoms with Crippen molar-refractivity contribution in [1.82, 2.24) is 4.57 Å². The Morgan fingerprint density at radius 2 is 1.73 bits per heavy atom. The van der Waals surface area contributed by atoms with E-state index in [1.165, 1.54) is 55.1 Å². The van der Waals surface area contributed by atoms with Gasteiger partial charge in [0.05, 0.1) is 18.9 Å². The second kappa shape index (κ2) is 9.70. The van der Waals surface area contributed by atoms with Crippen LogP contribution < -0.4 is 15.6 Å². The second-order valence-electron chi connectivity index (χ2n) is 7.29. The Morgan fingerprint density at radius 3 is 2.30 bits per heavy atom. The van der Waals surface area contributed by atoms with Crippen LogP contribution in [-0.2, 0) is 4.79 Å². The van der Waals surface area contributed by atoms with E-state index >= 15 is 0 Å². The number of ketones is 1. The molecule has 0 saturated carbocycles. The molecule has 0 aliphatic heterocycles. The topological polar surface area (TPSA) is 115 Å². The van der Waals surface area contributed by atoms with Crippen LogP contribution in [0.25, 0.3) is 11.1 Å². The van der Waals surface area contributed by atoms with Crippen LogP contribution in [0.4, 0.5) is 5.69 Å². The van der Waals surface area contributed by atoms with Crippen molar-refractivity contribution in [2.45, 2.75) is 19.9 Å². The van der Waals surface area contributed by atoms with Gasteiger partial charge in [0.15, 0.2) is 5.78 Å². The number of aromatic nitrogens is 1. The lowest BCUT2D eigenvalue weighted by molar-refractivity contribution is -0.118. The number of hydrogen-bond acceptors (Lipinski definition) is 5. The number of Topliss-reactive ketones (excluding diaryl/α,β-unsaturated/α-hetero) is 1. The first-order valence-corrected chi connectivity index (χ1v) is 10.3. The van der Waals surface area contributed by atoms with Crippen LogP contribution in [0.5, 0.6) is 5.75 Å². The van der Waals surface area contributed by atoms with Gasteiger partial charge in [-0.05, 0) is 61.9 Å². The normalized spacial score (nSPS) is 11.5. The molecule has 1 unspecified atom stereocenters. The maximum Gasteiger partial charge on any atom is 0.335 e. The molecule has 0 fully saturated rings. The number of nitrogens with one attached hydrogen (secondary N) is 1. The standard InChI is InChI=1S/C24H21ClN2O6/c1-13(23(30)26-17-7-4-15(5-8-17)24(31)32)27-12-21(33-3)20(11-22(27)29)19-10-16(25)6-9-18(19)14(2)28/h4-13H,1-3H3,(H,26,30)(H,31,32). The van der Waals surface area contributed by atoms with Gasteiger partial charge in [-0.25, -0.2) is 4.79 Å². The van der Waals surface area contributed by atoms with Gasteiger partial charge in [0, 0.05) is 27.9 Å². The van der Waals surface area contributed by atoms with Crippen LogP contribution in [0, 0.1) is 0 Å². The molecule has 9 heteroatoms. The van der Waals surface area contributed by atoms with Gasteiger partial charge in [-0.15, -0.1) is 0 Å². The zero-order valence-electron chi connectivity index (χ0n) is 18.1. The summed E-state index contributed by atoms with van der Waals surface area (Å²) < 4.78 is 6.66. The number of carbonyl (C=O) groups excluding carboxylic acids is 2. The van der Waals surface area contributed by atoms with Gasteiger partial charge >= 0.3 is 5.97 Å². The predicted molar refractivity (Wildman–Crippen MR) is 124 cm³/mol. The number of carboxylic acids is 1. The van der Waals surface area contributed by atoms with Gasteiger partial charge < -0.3 is 15.2 Å². The third kappa shape index (κ3) is 5.12. The maximum atomic E-state index is 12.9. The molecule has 0 saturated heterocycles. The summed E-state index contributed by atoms with van der Waals surface area (Å²) in [5, 5.41) is 12.0. The van der Waals surface area contributed by atoms with Gasteiger partial charge in [-0.2, -0.15) is 0 Å². The largest absolute Gasteiger partial charge is 0.495 e. The van der Waals surface area contributed by atoms with E-state index in [2.05, 4.69) is 5.32 Å². The van der Waals surface area contributed by atoms with Gasteiger partial charge in [0.25, 0.3) is 5.56 Å². The summed E-state index contributed by atoms with van der Waals surface area (Å²) in [5.41, 5.74) is 1.20. The first-order chi connectivity index (χ1) is 15.6. The Labute approximate surface area is 194 Å². The van der Waals surface area contributed by atoms with Crippen molar-refractivity contribution in [2.24, 2.45) is 0 Å². The maximum absolute atomic E-state index is 12.9. The van der Waals surface area contributed by atoms with Crippen molar-refractivity contribution in [1.29, 1.82) is 0 Å². The molecular weight excluding hydrogens is 448 g/mol. The fourth-order valence-corrected chi connectivity index (χ4v) is 3.49. The molecule has 0 bridgehead atoms. The number of anilines is 1. The summed E-state index contributed by atoms with van der Waals surface area (Å²) in [6, 6.07) is 10.8. The number of ether oxygens (including phenoxy) is 1. The Hall–Kier alpha value is -3.91. The Bertz CT molecular complexity index is 1300. The molecule has 2 aromatic carbocycles. The molecule has 2 N–H and O–H groups in total. The Kier molecular flexibility index (Phi) is 6.98. The van der Waals surface area contributed by atoms with E-state index in [1.54, 1.807) is 25.1 Å². The number of aromatic carboxylic acids is 1. The summed E-state index contributed by atoms with van der Waals surface area (Å²) in [4.78, 5) is 48.7. The fraction of sp³-hybridized carbons (Fsp3) is 0.167. The van der Waals surface area contributed by atoms with Crippen molar-refractivity contribution < 1.29 is 24.2 Å². The number of hydrogen-bond donors (Lipinski definition) is 2. The van der Waals surface area contributed by atoms with Crippen LogP contribution in [0.3, 0.4) is 0 Å². The van der Waals surface area contributed by atoms with Crippen LogP contribution in [0.2, 0.25) is 5.02 Å². The number of carbonyl (C=O) groups is 3. The highest BCUT2D eigenvalue weighted by molar-refractivity contribution is 6.31. The van der Waals surface area contributed by atoms with E-state index < -0.39 is 23.5 Å². The highest BCUT2D eigenvalue weighted by Crippen LogP contribution is 2.33. The van der Waals surface area contributed by atoms with Gasteiger partial charge in [0.2, 0.25) is 5.91 Å². The molecule has 1 aromatic heterocycles. The minimum absolute atomic E-state index is 0.0866. The molecule has 0 spiro atoms. The van der Waals surface area contributed by atoms with Crippen molar-refractivity contribution in [3.8, 4) is 16.9 Å². The van der Waals surface area contributed by atoms with Crippen molar-refractivity contribution in [3.63, 3.8) is 0 Å². The van der Waals surface area contributed by atoms with Gasteiger partial charge in [0.1, 0.15) is 11.8 Å². The van der Waals surface area contributed by atoms with E-state index in [-0.39, 0.29) is 17.1 Å². The summed E-state index contributed by atoms with van der Waals surface area (Å²) in [5.74, 6) is -1.48. The summed E-state index contributed by atoms with van der Waals surface area (Å²) >= 11 is 6.11. The molecule has 0 aliphatic carbocycles. The zero-order valence-corrected chi connectivity index (χ0v) is 18.8. The predicted octanol–water partition coefficient (Wildman–Crippen LogP) is 4.28. The number of halogens is 1. The molecule has 170 valence electrons. The van der Waals surface area contributed by atoms with Gasteiger partial charge in [-0.1, -0.05) is 11.6 Å². The van der Waals surface area contributed by atoms with Crippen molar-refractivity contribution >= 4 is 34.9 Å². The number of methoxy groups -OCH3 is 1. The smallest absolute Gasteiger partial charge is 0.335 e. The molecule has 1 amide bonds. The van der Waals surface area contributed by atoms with E-state index in [9.17, 15) is 19.2 Å². The Morgan fingerprint density at radius 1 is 1.06 bits per heavy atom. The van der Waals surface area contributed by atoms with E-state index in [4.69, 9.17) is 21.4 Å². The second-order valence-corrected chi connectivity index (χ2v) is 7.73. The monoisotopic (exact) mass is 468 g/mol. The van der Waals surface area contributed by atoms with E-state index in [0.29, 0.717) is 27.4 Å². The van der Waals surface area contributed by atoms with Crippen molar-refractivity contribution in [2.75, 3.05) is 12.4 Å². The molecular formula is C24H21ClN2O6. The highest BCUT2D eigenvalue weighted by atomic mass is 35.5. The highest BCUT2D eigenvalue weighted by Gasteiger charge is 2.21. The molecule has 33 heavy (non-hydrogen) atoms. The minimum Gasteiger partial charge on any atom is -0.495 e. The summed E-state index contributed by atoms with van der Waals surface area (Å²) in [6.07, 6.45) is 1.40. The third-order valence-corrected chi connectivity index (χ3v) is 5.35. The van der Waals surface area contributed by atoms with Gasteiger partial charge in [-0.3, -0.25) is 19.0 Å². The average molecular weight is 469 g/mol. The lowest BCUT2D eigenvalue weighted by Gasteiger charge is -2.19. The third-order valence-electron chi connectivity index (χ3n) is 5.11. The zero-order chi connectivity index (χ0) is 24.3. The van der Waals surface area contributed by atoms with Crippen molar-refractivity contribution in [3.05, 3.63) is 81.2 Å². The summed E-state index contributed by atoms with van der Waals surface area (Å²) in [7, 11) is 1.42. The minimum atomic E-state index is -1.08. The number of rotatable bonds is 7. The quantitative estimate of drug-likeness (QED) is 0.500. The number of nitrogens with zero attached hydrogens (tertiary/aromatic N) is 1. The lowest BCUT2D eigenvalue weighted by atomic mass is 9.97. The molecule has 0 radical (unpaired) electrons. The average Bonchev–Trinajstić information content (AvgIpc) is 2.78. The molecule has 0 aliphatic rings. The first kappa shape index (κ1) is 23.7. The lowest BCUT2D eigenvalue weighted by Crippen LogP contribution is -2.31. The van der Waals surface area contributed by atoms with Crippen LogP contribution in [0.1, 0.15) is 40.6 Å². The molecule has 3 aromatic rings. The number of carboxylic acid groups (broad SMARTS) is 1. The van der Waals surface area contributed by atoms with E-state index in [0.717, 1.165) is 0 Å². The van der Waals surface area contributed by atoms with Crippen LogP contribution in [-0.4, -0.2) is 34.4 Å². The first-order valence-electron chi connectivity index (χ1n) is 9.87. The number of benzene rings is 2. The molecule has 1 heterocycles. The SMILES string of the molecule is COc1cn(C(C)C(=O)Nc2ccc(C(=O)O)cc2)c(=O)cc1-c1cc(Cl)ccc1C(C)=O. The Balaban J connectivity index is 1.96. The number of amides is 1. The molecule has 3 rings (SSSR count). The fourth-order valence-electron chi connectivity index (χ4n) is 3.32. The number of pyridine rings is 1. The molecule has 1 atom stereocenters. The van der Waals surface area contributed by atoms with Crippen LogP contribution >= 0.6 is 11.6 Å². The van der Waals surface area contributed by atoms with E-state index in [1.807, 2.05) is 0 Å². The summed E-state index contributed by atoms with van der Waals surface area (Å²) in [6.45, 7) is 2.96. The molecule has 8 nitrogen and oxygen atoms in total. The van der Waals surface area contributed by atoms with Crippen LogP contribution in [0.15, 0.2) is 59.5 Å².